The van der Waals surface area contributed by atoms with Crippen molar-refractivity contribution >= 4 is 11.9 Å². The SMILES string of the molecule is CN(N=O)C(=N)N(N=O)C(=N)N. The highest BCUT2D eigenvalue weighted by Gasteiger charge is 2.17. The van der Waals surface area contributed by atoms with Crippen LogP contribution in [-0.4, -0.2) is 29.0 Å². The van der Waals surface area contributed by atoms with Crippen LogP contribution in [0.4, 0.5) is 0 Å². The third-order valence-corrected chi connectivity index (χ3v) is 0.939. The van der Waals surface area contributed by atoms with Crippen molar-refractivity contribution in [3.05, 3.63) is 9.81 Å². The van der Waals surface area contributed by atoms with Crippen LogP contribution in [0.15, 0.2) is 10.6 Å². The molecular weight excluding hydrogens is 166 g/mol. The van der Waals surface area contributed by atoms with Crippen molar-refractivity contribution in [3.8, 4) is 0 Å². The number of hydrogen-bond donors (Lipinski definition) is 3. The third kappa shape index (κ3) is 1.97. The molecule has 4 N–H and O–H groups in total. The van der Waals surface area contributed by atoms with Gasteiger partial charge in [0.1, 0.15) is 0 Å². The number of nitrogens with two attached hydrogens (primary N) is 1. The summed E-state index contributed by atoms with van der Waals surface area (Å²) < 4.78 is 0. The lowest BCUT2D eigenvalue weighted by molar-refractivity contribution is 0.444. The van der Waals surface area contributed by atoms with Crippen molar-refractivity contribution in [3.63, 3.8) is 0 Å². The fourth-order valence-corrected chi connectivity index (χ4v) is 0.372. The zero-order valence-electron chi connectivity index (χ0n) is 6.18. The fourth-order valence-electron chi connectivity index (χ4n) is 0.372. The molecule has 0 heterocycles. The molecule has 0 rings (SSSR count). The second-order valence-corrected chi connectivity index (χ2v) is 1.71. The molecule has 9 heteroatoms. The van der Waals surface area contributed by atoms with Crippen molar-refractivity contribution in [1.82, 2.24) is 10.0 Å². The predicted molar refractivity (Wildman–Crippen MR) is 40.8 cm³/mol. The Balaban J connectivity index is 4.52. The minimum atomic E-state index is -0.759. The quantitative estimate of drug-likeness (QED) is 0.221. The molecule has 0 spiro atoms. The van der Waals surface area contributed by atoms with Crippen LogP contribution in [0.1, 0.15) is 0 Å². The Kier molecular flexibility index (Phi) is 3.27. The Bertz CT molecular complexity index is 225. The first-order chi connectivity index (χ1) is 5.54. The van der Waals surface area contributed by atoms with E-state index < -0.39 is 11.9 Å². The molecule has 9 nitrogen and oxygen atoms in total. The normalized spacial score (nSPS) is 8.42. The van der Waals surface area contributed by atoms with Gasteiger partial charge in [-0.15, -0.1) is 14.8 Å². The summed E-state index contributed by atoms with van der Waals surface area (Å²) in [5.41, 5.74) is 4.84. The fraction of sp³-hybridized carbons (Fsp3) is 0.333. The summed E-state index contributed by atoms with van der Waals surface area (Å²) in [6.45, 7) is 0. The van der Waals surface area contributed by atoms with Crippen LogP contribution in [0.25, 0.3) is 0 Å². The smallest absolute Gasteiger partial charge is 0.248 e. The van der Waals surface area contributed by atoms with Crippen molar-refractivity contribution in [1.29, 1.82) is 10.8 Å². The number of nitrogens with one attached hydrogen (secondary N) is 2. The first kappa shape index (κ1) is 9.94. The van der Waals surface area contributed by atoms with Crippen LogP contribution in [-0.2, 0) is 0 Å². The maximum Gasteiger partial charge on any atom is 0.248 e. The van der Waals surface area contributed by atoms with Gasteiger partial charge in [0.25, 0.3) is 0 Å². The molecular formula is C3H7N7O2. The van der Waals surface area contributed by atoms with Crippen molar-refractivity contribution in [2.24, 2.45) is 16.3 Å². The van der Waals surface area contributed by atoms with Gasteiger partial charge in [-0.2, -0.15) is 5.01 Å². The lowest BCUT2D eigenvalue weighted by Gasteiger charge is -2.16. The molecule has 0 aromatic rings. The molecule has 0 unspecified atom stereocenters. The van der Waals surface area contributed by atoms with Gasteiger partial charge in [-0.25, -0.2) is 0 Å². The average molecular weight is 173 g/mol. The average Bonchev–Trinajstić information content (AvgIpc) is 2.03. The third-order valence-electron chi connectivity index (χ3n) is 0.939. The van der Waals surface area contributed by atoms with E-state index in [4.69, 9.17) is 16.6 Å². The second kappa shape index (κ2) is 3.95. The molecule has 0 amide bonds. The van der Waals surface area contributed by atoms with Gasteiger partial charge in [0.15, 0.2) is 0 Å². The van der Waals surface area contributed by atoms with E-state index in [1.165, 1.54) is 0 Å². The summed E-state index contributed by atoms with van der Waals surface area (Å²) in [7, 11) is 1.12. The lowest BCUT2D eigenvalue weighted by atomic mass is 10.8. The van der Waals surface area contributed by atoms with E-state index in [0.717, 1.165) is 7.05 Å². The second-order valence-electron chi connectivity index (χ2n) is 1.71. The molecule has 0 aliphatic rings. The largest absolute Gasteiger partial charge is 0.368 e. The van der Waals surface area contributed by atoms with E-state index in [9.17, 15) is 9.81 Å². The topological polar surface area (TPSA) is 139 Å². The minimum Gasteiger partial charge on any atom is -0.368 e. The maximum atomic E-state index is 9.95. The van der Waals surface area contributed by atoms with Crippen LogP contribution >= 0.6 is 0 Å². The highest BCUT2D eigenvalue weighted by molar-refractivity contribution is 5.94. The molecule has 0 aromatic heterocycles. The minimum absolute atomic E-state index is 0.210. The van der Waals surface area contributed by atoms with E-state index in [-0.39, 0.29) is 5.01 Å². The summed E-state index contributed by atoms with van der Waals surface area (Å²) in [6.07, 6.45) is 0. The number of nitroso groups, excluding NO2 is 2. The van der Waals surface area contributed by atoms with Crippen LogP contribution in [0.5, 0.6) is 0 Å². The van der Waals surface area contributed by atoms with E-state index in [1.54, 1.807) is 0 Å². The standard InChI is InChI=1S/C3H7N7O2/c1-9(7-11)3(6)10(8-12)2(4)5/h6H,1H3,(H3,4,5). The van der Waals surface area contributed by atoms with Gasteiger partial charge in [-0.3, -0.25) is 10.8 Å². The van der Waals surface area contributed by atoms with Gasteiger partial charge in [0.05, 0.1) is 10.6 Å². The highest BCUT2D eigenvalue weighted by Crippen LogP contribution is 1.94. The van der Waals surface area contributed by atoms with Crippen LogP contribution < -0.4 is 5.73 Å². The Hall–Kier alpha value is -2.06. The molecule has 0 aromatic carbocycles. The van der Waals surface area contributed by atoms with Crippen LogP contribution in [0.2, 0.25) is 0 Å². The van der Waals surface area contributed by atoms with Gasteiger partial charge in [-0.05, 0) is 0 Å². The Morgan fingerprint density at radius 2 is 1.83 bits per heavy atom. The molecule has 0 radical (unpaired) electrons. The summed E-state index contributed by atoms with van der Waals surface area (Å²) in [4.78, 5) is 19.8. The molecule has 0 fully saturated rings. The zero-order valence-corrected chi connectivity index (χ0v) is 6.18. The van der Waals surface area contributed by atoms with Crippen LogP contribution in [0.3, 0.4) is 0 Å². The molecule has 0 aliphatic heterocycles. The van der Waals surface area contributed by atoms with Gasteiger partial charge in [-0.1, -0.05) is 0 Å². The number of guanidine groups is 2. The van der Waals surface area contributed by atoms with Gasteiger partial charge in [0.2, 0.25) is 11.9 Å². The van der Waals surface area contributed by atoms with E-state index >= 15 is 0 Å². The van der Waals surface area contributed by atoms with Gasteiger partial charge < -0.3 is 5.73 Å². The molecule has 0 saturated heterocycles. The molecule has 12 heavy (non-hydrogen) atoms. The van der Waals surface area contributed by atoms with E-state index in [2.05, 4.69) is 10.6 Å². The Morgan fingerprint density at radius 1 is 1.33 bits per heavy atom. The van der Waals surface area contributed by atoms with Gasteiger partial charge in [0, 0.05) is 7.05 Å². The van der Waals surface area contributed by atoms with Gasteiger partial charge >= 0.3 is 0 Å². The van der Waals surface area contributed by atoms with E-state index in [0.29, 0.717) is 5.01 Å². The summed E-state index contributed by atoms with van der Waals surface area (Å²) >= 11 is 0. The van der Waals surface area contributed by atoms with Crippen molar-refractivity contribution in [2.75, 3.05) is 7.05 Å². The number of nitrogens with zero attached hydrogens (tertiary/aromatic N) is 4. The summed E-state index contributed by atoms with van der Waals surface area (Å²) in [6, 6.07) is 0. The zero-order chi connectivity index (χ0) is 9.72. The van der Waals surface area contributed by atoms with E-state index in [1.807, 2.05) is 0 Å². The first-order valence-electron chi connectivity index (χ1n) is 2.67. The number of hydrogen-bond acceptors (Lipinski definition) is 6. The molecule has 0 bridgehead atoms. The summed E-state index contributed by atoms with van der Waals surface area (Å²) in [5, 5.41) is 19.0. The monoisotopic (exact) mass is 173 g/mol. The highest BCUT2D eigenvalue weighted by atomic mass is 16.3. The Morgan fingerprint density at radius 3 is 2.08 bits per heavy atom. The van der Waals surface area contributed by atoms with Crippen molar-refractivity contribution in [2.45, 2.75) is 0 Å². The molecule has 0 aliphatic carbocycles. The summed E-state index contributed by atoms with van der Waals surface area (Å²) in [5.74, 6) is -1.45. The lowest BCUT2D eigenvalue weighted by Crippen LogP contribution is -2.42. The molecule has 0 atom stereocenters. The first-order valence-corrected chi connectivity index (χ1v) is 2.67. The molecule has 0 saturated carbocycles. The Labute approximate surface area is 67.0 Å². The number of rotatable bonds is 2. The maximum absolute atomic E-state index is 9.95. The predicted octanol–water partition coefficient (Wildman–Crippen LogP) is -0.589. The molecule has 66 valence electrons. The van der Waals surface area contributed by atoms with Crippen molar-refractivity contribution < 1.29 is 0 Å². The van der Waals surface area contributed by atoms with Crippen LogP contribution in [0, 0.1) is 20.6 Å².